The molecule has 31 heavy (non-hydrogen) atoms. The molecule has 12 heteroatoms. The maximum atomic E-state index is 13.0. The average Bonchev–Trinajstić information content (AvgIpc) is 3.13. The van der Waals surface area contributed by atoms with Gasteiger partial charge >= 0.3 is 18.3 Å². The number of carboxylic acids is 1. The van der Waals surface area contributed by atoms with Crippen LogP contribution in [0.25, 0.3) is 0 Å². The molecule has 1 aromatic heterocycles. The first-order valence-electron chi connectivity index (χ1n) is 9.09. The fourth-order valence-electron chi connectivity index (χ4n) is 3.18. The molecule has 1 N–H and O–H groups in total. The zero-order chi connectivity index (χ0) is 23.0. The molecule has 1 aliphatic rings. The van der Waals surface area contributed by atoms with Crippen LogP contribution in [0.5, 0.6) is 5.75 Å². The van der Waals surface area contributed by atoms with Crippen LogP contribution < -0.4 is 9.64 Å². The van der Waals surface area contributed by atoms with E-state index in [-0.39, 0.29) is 30.2 Å². The minimum absolute atomic E-state index is 0.0409. The molecule has 1 aromatic carbocycles. The van der Waals surface area contributed by atoms with Crippen LogP contribution in [0.1, 0.15) is 33.7 Å². The Balaban J connectivity index is 1.71. The lowest BCUT2D eigenvalue weighted by atomic mass is 10.1. The van der Waals surface area contributed by atoms with Crippen molar-refractivity contribution in [3.8, 4) is 5.75 Å². The van der Waals surface area contributed by atoms with Gasteiger partial charge in [0.15, 0.2) is 5.69 Å². The summed E-state index contributed by atoms with van der Waals surface area (Å²) < 4.78 is 83.0. The molecule has 1 saturated heterocycles. The number of aromatic nitrogens is 2. The number of rotatable bonds is 5. The zero-order valence-electron chi connectivity index (χ0n) is 16.1. The third kappa shape index (κ3) is 5.56. The van der Waals surface area contributed by atoms with Gasteiger partial charge in [-0.3, -0.25) is 0 Å². The number of benzene rings is 1. The molecule has 1 atom stereocenters. The summed E-state index contributed by atoms with van der Waals surface area (Å²) in [6.07, 6.45) is -9.38. The highest BCUT2D eigenvalue weighted by Gasteiger charge is 2.37. The zero-order valence-corrected chi connectivity index (χ0v) is 16.1. The van der Waals surface area contributed by atoms with Gasteiger partial charge in [-0.15, -0.1) is 0 Å². The van der Waals surface area contributed by atoms with Gasteiger partial charge in [0.1, 0.15) is 5.75 Å². The number of anilines is 1. The Morgan fingerprint density at radius 3 is 2.26 bits per heavy atom. The second-order valence-corrected chi connectivity index (χ2v) is 7.15. The minimum atomic E-state index is -4.95. The SMILES string of the molecule is Cc1cc(C(=O)O)nc(N2CC[C@H](COc3cc(C(F)(F)F)cc(C(F)(F)F)c3)C2)n1. The molecule has 6 nitrogen and oxygen atoms in total. The van der Waals surface area contributed by atoms with Gasteiger partial charge in [0, 0.05) is 24.7 Å². The van der Waals surface area contributed by atoms with Crippen LogP contribution in [0, 0.1) is 12.8 Å². The smallest absolute Gasteiger partial charge is 0.416 e. The molecule has 1 fully saturated rings. The summed E-state index contributed by atoms with van der Waals surface area (Å²) in [4.78, 5) is 21.0. The number of alkyl halides is 6. The van der Waals surface area contributed by atoms with Gasteiger partial charge in [0.25, 0.3) is 0 Å². The minimum Gasteiger partial charge on any atom is -0.493 e. The second-order valence-electron chi connectivity index (χ2n) is 7.15. The predicted octanol–water partition coefficient (Wildman–Crippen LogP) is 4.43. The van der Waals surface area contributed by atoms with Crippen molar-refractivity contribution in [2.75, 3.05) is 24.6 Å². The van der Waals surface area contributed by atoms with Crippen LogP contribution in [-0.4, -0.2) is 40.7 Å². The fraction of sp³-hybridized carbons (Fsp3) is 0.421. The molecule has 2 aromatic rings. The third-order valence-corrected chi connectivity index (χ3v) is 4.68. The van der Waals surface area contributed by atoms with Crippen molar-refractivity contribution in [1.29, 1.82) is 0 Å². The van der Waals surface area contributed by atoms with Crippen molar-refractivity contribution in [2.24, 2.45) is 5.92 Å². The van der Waals surface area contributed by atoms with Crippen molar-refractivity contribution in [3.63, 3.8) is 0 Å². The third-order valence-electron chi connectivity index (χ3n) is 4.68. The van der Waals surface area contributed by atoms with Crippen LogP contribution >= 0.6 is 0 Å². The van der Waals surface area contributed by atoms with Gasteiger partial charge in [-0.25, -0.2) is 14.8 Å². The van der Waals surface area contributed by atoms with Gasteiger partial charge < -0.3 is 14.7 Å². The molecular weight excluding hydrogens is 432 g/mol. The van der Waals surface area contributed by atoms with E-state index in [1.54, 1.807) is 11.8 Å². The van der Waals surface area contributed by atoms with Crippen LogP contribution in [0.15, 0.2) is 24.3 Å². The number of carboxylic acid groups (broad SMARTS) is 1. The summed E-state index contributed by atoms with van der Waals surface area (Å²) in [6.45, 7) is 2.24. The highest BCUT2D eigenvalue weighted by molar-refractivity contribution is 5.85. The van der Waals surface area contributed by atoms with Crippen LogP contribution in [0.3, 0.4) is 0 Å². The first kappa shape index (κ1) is 22.6. The Kier molecular flexibility index (Phi) is 6.01. The number of aromatic carboxylic acids is 1. The lowest BCUT2D eigenvalue weighted by Crippen LogP contribution is -2.25. The quantitative estimate of drug-likeness (QED) is 0.681. The van der Waals surface area contributed by atoms with E-state index in [2.05, 4.69) is 9.97 Å². The number of hydrogen-bond donors (Lipinski definition) is 1. The molecule has 0 amide bonds. The maximum Gasteiger partial charge on any atom is 0.416 e. The lowest BCUT2D eigenvalue weighted by Gasteiger charge is -2.18. The molecule has 168 valence electrons. The standard InChI is InChI=1S/C19H17F6N3O3/c1-10-4-15(16(29)30)27-17(26-10)28-3-2-11(8-28)9-31-14-6-12(18(20,21)22)5-13(7-14)19(23,24)25/h4-7,11H,2-3,8-9H2,1H3,(H,29,30)/t11-/m0/s1. The average molecular weight is 449 g/mol. The van der Waals surface area contributed by atoms with Crippen LogP contribution in [-0.2, 0) is 12.4 Å². The highest BCUT2D eigenvalue weighted by Crippen LogP contribution is 2.38. The number of ether oxygens (including phenoxy) is 1. The maximum absolute atomic E-state index is 13.0. The van der Waals surface area contributed by atoms with E-state index in [0.29, 0.717) is 37.3 Å². The Labute approximate surface area is 172 Å². The molecule has 0 spiro atoms. The first-order valence-corrected chi connectivity index (χ1v) is 9.09. The van der Waals surface area contributed by atoms with Gasteiger partial charge in [-0.1, -0.05) is 0 Å². The van der Waals surface area contributed by atoms with Gasteiger partial charge in [-0.05, 0) is 37.6 Å². The van der Waals surface area contributed by atoms with E-state index >= 15 is 0 Å². The largest absolute Gasteiger partial charge is 0.493 e. The normalized spacial score (nSPS) is 17.1. The number of carbonyl (C=O) groups is 1. The number of aryl methyl sites for hydroxylation is 1. The van der Waals surface area contributed by atoms with Crippen molar-refractivity contribution in [1.82, 2.24) is 9.97 Å². The molecule has 2 heterocycles. The van der Waals surface area contributed by atoms with Crippen molar-refractivity contribution in [3.05, 3.63) is 46.8 Å². The Morgan fingerprint density at radius 2 is 1.71 bits per heavy atom. The summed E-state index contributed by atoms with van der Waals surface area (Å²) in [5.74, 6) is -1.77. The highest BCUT2D eigenvalue weighted by atomic mass is 19.4. The van der Waals surface area contributed by atoms with E-state index in [9.17, 15) is 31.1 Å². The van der Waals surface area contributed by atoms with E-state index < -0.39 is 35.2 Å². The monoisotopic (exact) mass is 449 g/mol. The summed E-state index contributed by atoms with van der Waals surface area (Å²) in [6, 6.07) is 2.42. The molecule has 3 rings (SSSR count). The van der Waals surface area contributed by atoms with E-state index in [1.807, 2.05) is 0 Å². The molecule has 0 saturated carbocycles. The van der Waals surface area contributed by atoms with Gasteiger partial charge in [-0.2, -0.15) is 26.3 Å². The predicted molar refractivity (Wildman–Crippen MR) is 96.0 cm³/mol. The Bertz CT molecular complexity index is 945. The molecule has 0 radical (unpaired) electrons. The molecular formula is C19H17F6N3O3. The van der Waals surface area contributed by atoms with Crippen molar-refractivity contribution < 1.29 is 41.0 Å². The molecule has 0 bridgehead atoms. The van der Waals surface area contributed by atoms with Gasteiger partial charge in [0.05, 0.1) is 17.7 Å². The summed E-state index contributed by atoms with van der Waals surface area (Å²) in [5, 5.41) is 9.11. The summed E-state index contributed by atoms with van der Waals surface area (Å²) in [7, 11) is 0. The number of halogens is 6. The van der Waals surface area contributed by atoms with E-state index in [1.165, 1.54) is 6.07 Å². The first-order chi connectivity index (χ1) is 14.3. The van der Waals surface area contributed by atoms with Crippen molar-refractivity contribution >= 4 is 11.9 Å². The molecule has 1 aliphatic heterocycles. The lowest BCUT2D eigenvalue weighted by molar-refractivity contribution is -0.143. The van der Waals surface area contributed by atoms with E-state index in [4.69, 9.17) is 9.84 Å². The summed E-state index contributed by atoms with van der Waals surface area (Å²) in [5.41, 5.74) is -2.61. The molecule has 0 aliphatic carbocycles. The second kappa shape index (κ2) is 8.23. The Hall–Kier alpha value is -3.05. The summed E-state index contributed by atoms with van der Waals surface area (Å²) >= 11 is 0. The Morgan fingerprint density at radius 1 is 1.10 bits per heavy atom. The van der Waals surface area contributed by atoms with E-state index in [0.717, 1.165) is 0 Å². The van der Waals surface area contributed by atoms with Crippen molar-refractivity contribution in [2.45, 2.75) is 25.7 Å². The van der Waals surface area contributed by atoms with Gasteiger partial charge in [0.2, 0.25) is 5.95 Å². The van der Waals surface area contributed by atoms with Crippen LogP contribution in [0.4, 0.5) is 32.3 Å². The topological polar surface area (TPSA) is 75.5 Å². The number of nitrogens with zero attached hydrogens (tertiary/aromatic N) is 3. The van der Waals surface area contributed by atoms with Crippen LogP contribution in [0.2, 0.25) is 0 Å². The molecule has 0 unspecified atom stereocenters. The fourth-order valence-corrected chi connectivity index (χ4v) is 3.18. The number of hydrogen-bond acceptors (Lipinski definition) is 5.